The molecule has 0 bridgehead atoms. The summed E-state index contributed by atoms with van der Waals surface area (Å²) >= 11 is 0. The molecule has 0 aliphatic rings. The Kier molecular flexibility index (Phi) is 9.38. The van der Waals surface area contributed by atoms with Crippen molar-refractivity contribution in [3.8, 4) is 12.3 Å². The molecule has 2 unspecified atom stereocenters. The maximum atomic E-state index is 13.0. The van der Waals surface area contributed by atoms with Crippen molar-refractivity contribution in [1.82, 2.24) is 15.5 Å². The molecule has 2 N–H and O–H groups in total. The molecule has 0 heterocycles. The van der Waals surface area contributed by atoms with E-state index in [1.807, 2.05) is 6.92 Å². The largest absolute Gasteiger partial charge is 0.444 e. The molecular weight excluding hydrogens is 382 g/mol. The first-order valence-corrected chi connectivity index (χ1v) is 10.1. The minimum atomic E-state index is -0.874. The van der Waals surface area contributed by atoms with Crippen LogP contribution in [0.3, 0.4) is 0 Å². The van der Waals surface area contributed by atoms with Crippen molar-refractivity contribution in [1.29, 1.82) is 0 Å². The van der Waals surface area contributed by atoms with Crippen LogP contribution >= 0.6 is 0 Å². The van der Waals surface area contributed by atoms with E-state index in [9.17, 15) is 14.4 Å². The van der Waals surface area contributed by atoms with Crippen molar-refractivity contribution >= 4 is 17.9 Å². The van der Waals surface area contributed by atoms with E-state index in [0.29, 0.717) is 17.7 Å². The number of unbranched alkanes of at least 4 members (excludes halogenated alkanes) is 1. The summed E-state index contributed by atoms with van der Waals surface area (Å²) in [6.07, 6.45) is 6.49. The van der Waals surface area contributed by atoms with E-state index < -0.39 is 29.7 Å². The topological polar surface area (TPSA) is 87.7 Å². The van der Waals surface area contributed by atoms with Crippen molar-refractivity contribution < 1.29 is 19.1 Å². The number of carbonyl (C=O) groups is 3. The van der Waals surface area contributed by atoms with Gasteiger partial charge in [0.25, 0.3) is 0 Å². The molecule has 0 aliphatic carbocycles. The second-order valence-electron chi connectivity index (χ2n) is 8.13. The molecule has 1 aromatic rings. The standard InChI is InChI=1S/C23H33N3O4/c1-8-10-15-24-20(27)19(18-13-11-17(9-2)12-14-18)26(7)21(28)16(3)25-22(29)30-23(4,5)6/h2,11-14,16,19H,8,10,15H2,1,3-7H3,(H,24,27)(H,25,29). The van der Waals surface area contributed by atoms with Crippen molar-refractivity contribution in [3.63, 3.8) is 0 Å². The van der Waals surface area contributed by atoms with Gasteiger partial charge in [-0.15, -0.1) is 6.42 Å². The highest BCUT2D eigenvalue weighted by molar-refractivity contribution is 5.91. The Hall–Kier alpha value is -3.01. The maximum Gasteiger partial charge on any atom is 0.408 e. The zero-order valence-corrected chi connectivity index (χ0v) is 18.7. The molecule has 30 heavy (non-hydrogen) atoms. The van der Waals surface area contributed by atoms with E-state index in [-0.39, 0.29) is 5.91 Å². The lowest BCUT2D eigenvalue weighted by Crippen LogP contribution is -2.50. The lowest BCUT2D eigenvalue weighted by Gasteiger charge is -2.30. The summed E-state index contributed by atoms with van der Waals surface area (Å²) in [6.45, 7) is 9.31. The number of hydrogen-bond acceptors (Lipinski definition) is 4. The third-order valence-corrected chi connectivity index (χ3v) is 4.31. The van der Waals surface area contributed by atoms with Crippen LogP contribution in [0.15, 0.2) is 24.3 Å². The number of hydrogen-bond donors (Lipinski definition) is 2. The second kappa shape index (κ2) is 11.2. The minimum Gasteiger partial charge on any atom is -0.444 e. The van der Waals surface area contributed by atoms with E-state index in [1.165, 1.54) is 11.9 Å². The van der Waals surface area contributed by atoms with Crippen molar-refractivity contribution in [2.45, 2.75) is 65.1 Å². The highest BCUT2D eigenvalue weighted by atomic mass is 16.6. The molecule has 0 saturated carbocycles. The molecule has 0 aromatic heterocycles. The highest BCUT2D eigenvalue weighted by Crippen LogP contribution is 2.21. The number of benzene rings is 1. The van der Waals surface area contributed by atoms with E-state index in [2.05, 4.69) is 16.6 Å². The van der Waals surface area contributed by atoms with E-state index in [1.54, 1.807) is 52.0 Å². The molecule has 1 rings (SSSR count). The van der Waals surface area contributed by atoms with E-state index in [0.717, 1.165) is 12.8 Å². The van der Waals surface area contributed by atoms with Gasteiger partial charge in [-0.25, -0.2) is 4.79 Å². The van der Waals surface area contributed by atoms with E-state index >= 15 is 0 Å². The highest BCUT2D eigenvalue weighted by Gasteiger charge is 2.32. The van der Waals surface area contributed by atoms with Crippen molar-refractivity contribution in [3.05, 3.63) is 35.4 Å². The molecule has 2 atom stereocenters. The molecule has 7 nitrogen and oxygen atoms in total. The summed E-state index contributed by atoms with van der Waals surface area (Å²) in [7, 11) is 1.54. The van der Waals surface area contributed by atoms with Gasteiger partial charge in [0.15, 0.2) is 0 Å². The van der Waals surface area contributed by atoms with Crippen LogP contribution in [0.5, 0.6) is 0 Å². The normalized spacial score (nSPS) is 12.8. The first-order chi connectivity index (χ1) is 14.0. The summed E-state index contributed by atoms with van der Waals surface area (Å²) in [5.41, 5.74) is 0.625. The Morgan fingerprint density at radius 1 is 1.20 bits per heavy atom. The van der Waals surface area contributed by atoms with Gasteiger partial charge >= 0.3 is 6.09 Å². The molecular formula is C23H33N3O4. The fourth-order valence-corrected chi connectivity index (χ4v) is 2.78. The summed E-state index contributed by atoms with van der Waals surface area (Å²) in [5, 5.41) is 5.39. The third kappa shape index (κ3) is 7.78. The number of nitrogens with one attached hydrogen (secondary N) is 2. The lowest BCUT2D eigenvalue weighted by atomic mass is 10.0. The van der Waals surface area contributed by atoms with Crippen molar-refractivity contribution in [2.24, 2.45) is 0 Å². The van der Waals surface area contributed by atoms with Crippen LogP contribution in [0.25, 0.3) is 0 Å². The molecule has 0 fully saturated rings. The summed E-state index contributed by atoms with van der Waals surface area (Å²) in [4.78, 5) is 39.2. The van der Waals surface area contributed by atoms with Crippen LogP contribution in [-0.2, 0) is 14.3 Å². The van der Waals surface area contributed by atoms with Crippen LogP contribution in [0.2, 0.25) is 0 Å². The Morgan fingerprint density at radius 2 is 1.80 bits per heavy atom. The van der Waals surface area contributed by atoms with Gasteiger partial charge in [0.1, 0.15) is 17.7 Å². The number of ether oxygens (including phenoxy) is 1. The first-order valence-electron chi connectivity index (χ1n) is 10.1. The van der Waals surface area contributed by atoms with Crippen LogP contribution in [-0.4, -0.2) is 48.0 Å². The average molecular weight is 416 g/mol. The maximum absolute atomic E-state index is 13.0. The predicted octanol–water partition coefficient (Wildman–Crippen LogP) is 3.00. The molecule has 7 heteroatoms. The molecule has 0 aliphatic heterocycles. The second-order valence-corrected chi connectivity index (χ2v) is 8.13. The van der Waals surface area contributed by atoms with Gasteiger partial charge in [0.2, 0.25) is 11.8 Å². The van der Waals surface area contributed by atoms with Crippen LogP contribution in [0.4, 0.5) is 4.79 Å². The zero-order valence-electron chi connectivity index (χ0n) is 18.7. The number of terminal acetylenes is 1. The first kappa shape index (κ1) is 25.0. The Bertz CT molecular complexity index is 775. The Morgan fingerprint density at radius 3 is 2.30 bits per heavy atom. The molecule has 164 valence electrons. The van der Waals surface area contributed by atoms with Gasteiger partial charge in [-0.2, -0.15) is 0 Å². The number of alkyl carbamates (subject to hydrolysis) is 1. The fraction of sp³-hybridized carbons (Fsp3) is 0.522. The SMILES string of the molecule is C#Cc1ccc(C(C(=O)NCCCC)N(C)C(=O)C(C)NC(=O)OC(C)(C)C)cc1. The van der Waals surface area contributed by atoms with Crippen LogP contribution < -0.4 is 10.6 Å². The monoisotopic (exact) mass is 415 g/mol. The Balaban J connectivity index is 3.03. The summed E-state index contributed by atoms with van der Waals surface area (Å²) in [5.74, 6) is 1.82. The van der Waals surface area contributed by atoms with Crippen LogP contribution in [0.1, 0.15) is 64.6 Å². The van der Waals surface area contributed by atoms with Gasteiger partial charge in [-0.05, 0) is 51.8 Å². The Labute approximate surface area is 179 Å². The van der Waals surface area contributed by atoms with Gasteiger partial charge in [0.05, 0.1) is 0 Å². The molecule has 0 spiro atoms. The minimum absolute atomic E-state index is 0.294. The van der Waals surface area contributed by atoms with Crippen molar-refractivity contribution in [2.75, 3.05) is 13.6 Å². The van der Waals surface area contributed by atoms with Gasteiger partial charge in [-0.3, -0.25) is 9.59 Å². The molecule has 3 amide bonds. The average Bonchev–Trinajstić information content (AvgIpc) is 2.66. The lowest BCUT2D eigenvalue weighted by molar-refractivity contribution is -0.140. The predicted molar refractivity (Wildman–Crippen MR) is 117 cm³/mol. The number of likely N-dealkylation sites (N-methyl/N-ethyl adjacent to an activating group) is 1. The number of carbonyl (C=O) groups excluding carboxylic acids is 3. The fourth-order valence-electron chi connectivity index (χ4n) is 2.78. The quantitative estimate of drug-likeness (QED) is 0.505. The molecule has 0 saturated heterocycles. The number of rotatable bonds is 8. The molecule has 0 radical (unpaired) electrons. The zero-order chi connectivity index (χ0) is 22.9. The van der Waals surface area contributed by atoms with E-state index in [4.69, 9.17) is 11.2 Å². The summed E-state index contributed by atoms with van der Waals surface area (Å²) in [6, 6.07) is 5.18. The smallest absolute Gasteiger partial charge is 0.408 e. The van der Waals surface area contributed by atoms with Gasteiger partial charge in [-0.1, -0.05) is 31.4 Å². The third-order valence-electron chi connectivity index (χ3n) is 4.31. The van der Waals surface area contributed by atoms with Gasteiger partial charge < -0.3 is 20.3 Å². The number of amides is 3. The molecule has 1 aromatic carbocycles. The summed E-state index contributed by atoms with van der Waals surface area (Å²) < 4.78 is 5.20. The van der Waals surface area contributed by atoms with Gasteiger partial charge in [0, 0.05) is 19.2 Å². The van der Waals surface area contributed by atoms with Crippen LogP contribution in [0, 0.1) is 12.3 Å². The number of nitrogens with zero attached hydrogens (tertiary/aromatic N) is 1.